The first-order valence-corrected chi connectivity index (χ1v) is 6.30. The molecule has 1 fully saturated rings. The molecule has 1 heterocycles. The molecule has 4 nitrogen and oxygen atoms in total. The zero-order valence-corrected chi connectivity index (χ0v) is 10.2. The quantitative estimate of drug-likeness (QED) is 0.840. The number of hydrogen-bond donors (Lipinski definition) is 2. The average Bonchev–Trinajstić information content (AvgIpc) is 2.84. The highest BCUT2D eigenvalue weighted by Gasteiger charge is 2.14. The van der Waals surface area contributed by atoms with Crippen molar-refractivity contribution < 1.29 is 4.79 Å². The summed E-state index contributed by atoms with van der Waals surface area (Å²) in [5.74, 6) is 0.614. The number of nitrogens with zero attached hydrogens (tertiary/aromatic N) is 1. The summed E-state index contributed by atoms with van der Waals surface area (Å²) in [6, 6.07) is 4.40. The van der Waals surface area contributed by atoms with Gasteiger partial charge >= 0.3 is 0 Å². The van der Waals surface area contributed by atoms with Gasteiger partial charge in [-0.25, -0.2) is 4.98 Å². The molecule has 0 atom stereocenters. The van der Waals surface area contributed by atoms with E-state index >= 15 is 0 Å². The zero-order valence-electron chi connectivity index (χ0n) is 10.2. The molecule has 0 unspecified atom stereocenters. The van der Waals surface area contributed by atoms with Crippen LogP contribution in [0, 0.1) is 0 Å². The molecule has 2 rings (SSSR count). The summed E-state index contributed by atoms with van der Waals surface area (Å²) in [6.45, 7) is 1.82. The highest BCUT2D eigenvalue weighted by molar-refractivity contribution is 5.89. The van der Waals surface area contributed by atoms with Crippen LogP contribution in [0.3, 0.4) is 0 Å². The minimum Gasteiger partial charge on any atom is -0.381 e. The maximum Gasteiger partial charge on any atom is 0.225 e. The van der Waals surface area contributed by atoms with Crippen molar-refractivity contribution in [3.8, 4) is 0 Å². The first kappa shape index (κ1) is 11.9. The Bertz CT molecular complexity index is 369. The van der Waals surface area contributed by atoms with Crippen molar-refractivity contribution in [3.63, 3.8) is 0 Å². The molecule has 1 aliphatic carbocycles. The number of rotatable bonds is 4. The minimum absolute atomic E-state index is 0.00555. The lowest BCUT2D eigenvalue weighted by Crippen LogP contribution is -2.15. The maximum absolute atomic E-state index is 11.2. The van der Waals surface area contributed by atoms with Gasteiger partial charge in [-0.05, 0) is 25.0 Å². The SMILES string of the molecule is CCC(=O)Nc1ccc(NC2CCCC2)cn1. The van der Waals surface area contributed by atoms with Crippen LogP contribution in [-0.4, -0.2) is 16.9 Å². The van der Waals surface area contributed by atoms with E-state index in [1.165, 1.54) is 25.7 Å². The molecule has 0 radical (unpaired) electrons. The van der Waals surface area contributed by atoms with E-state index < -0.39 is 0 Å². The average molecular weight is 233 g/mol. The smallest absolute Gasteiger partial charge is 0.225 e. The Balaban J connectivity index is 1.90. The normalized spacial score (nSPS) is 15.8. The number of pyridine rings is 1. The van der Waals surface area contributed by atoms with Crippen LogP contribution in [0.4, 0.5) is 11.5 Å². The molecular weight excluding hydrogens is 214 g/mol. The van der Waals surface area contributed by atoms with Gasteiger partial charge in [-0.2, -0.15) is 0 Å². The first-order chi connectivity index (χ1) is 8.28. The van der Waals surface area contributed by atoms with Gasteiger partial charge in [-0.1, -0.05) is 19.8 Å². The van der Waals surface area contributed by atoms with Crippen LogP contribution < -0.4 is 10.6 Å². The molecular formula is C13H19N3O. The van der Waals surface area contributed by atoms with Crippen molar-refractivity contribution in [2.24, 2.45) is 0 Å². The lowest BCUT2D eigenvalue weighted by molar-refractivity contribution is -0.115. The van der Waals surface area contributed by atoms with Gasteiger partial charge in [0.1, 0.15) is 5.82 Å². The Kier molecular flexibility index (Phi) is 3.96. The van der Waals surface area contributed by atoms with Crippen LogP contribution in [0.15, 0.2) is 18.3 Å². The predicted molar refractivity (Wildman–Crippen MR) is 69.0 cm³/mol. The standard InChI is InChI=1S/C13H19N3O/c1-2-13(17)16-12-8-7-11(9-14-12)15-10-5-3-4-6-10/h7-10,15H,2-6H2,1H3,(H,14,16,17). The Labute approximate surface area is 102 Å². The molecule has 2 N–H and O–H groups in total. The van der Waals surface area contributed by atoms with Crippen molar-refractivity contribution in [3.05, 3.63) is 18.3 Å². The molecule has 4 heteroatoms. The Morgan fingerprint density at radius 2 is 2.18 bits per heavy atom. The van der Waals surface area contributed by atoms with Gasteiger partial charge in [0.2, 0.25) is 5.91 Å². The first-order valence-electron chi connectivity index (χ1n) is 6.30. The molecule has 0 aromatic carbocycles. The Morgan fingerprint density at radius 1 is 1.41 bits per heavy atom. The second-order valence-corrected chi connectivity index (χ2v) is 4.46. The summed E-state index contributed by atoms with van der Waals surface area (Å²) >= 11 is 0. The topological polar surface area (TPSA) is 54.0 Å². The third-order valence-corrected chi connectivity index (χ3v) is 3.08. The number of hydrogen-bond acceptors (Lipinski definition) is 3. The highest BCUT2D eigenvalue weighted by atomic mass is 16.1. The number of anilines is 2. The summed E-state index contributed by atoms with van der Waals surface area (Å²) in [5.41, 5.74) is 1.03. The fourth-order valence-electron chi connectivity index (χ4n) is 2.09. The third-order valence-electron chi connectivity index (χ3n) is 3.08. The van der Waals surface area contributed by atoms with Crippen LogP contribution in [0.25, 0.3) is 0 Å². The zero-order chi connectivity index (χ0) is 12.1. The summed E-state index contributed by atoms with van der Waals surface area (Å²) < 4.78 is 0. The fourth-order valence-corrected chi connectivity index (χ4v) is 2.09. The van der Waals surface area contributed by atoms with Gasteiger partial charge < -0.3 is 10.6 Å². The van der Waals surface area contributed by atoms with Crippen molar-refractivity contribution in [1.82, 2.24) is 4.98 Å². The number of aromatic nitrogens is 1. The summed E-state index contributed by atoms with van der Waals surface area (Å²) in [5, 5.41) is 6.19. The van der Waals surface area contributed by atoms with E-state index in [4.69, 9.17) is 0 Å². The fraction of sp³-hybridized carbons (Fsp3) is 0.538. The molecule has 1 aromatic heterocycles. The van der Waals surface area contributed by atoms with Gasteiger partial charge in [0.25, 0.3) is 0 Å². The summed E-state index contributed by atoms with van der Waals surface area (Å²) in [4.78, 5) is 15.4. The minimum atomic E-state index is -0.00555. The number of amides is 1. The maximum atomic E-state index is 11.2. The summed E-state index contributed by atoms with van der Waals surface area (Å²) in [6.07, 6.45) is 7.38. The molecule has 1 saturated carbocycles. The van der Waals surface area contributed by atoms with Gasteiger partial charge in [0.15, 0.2) is 0 Å². The van der Waals surface area contributed by atoms with E-state index in [1.807, 2.05) is 19.1 Å². The molecule has 0 aliphatic heterocycles. The molecule has 0 spiro atoms. The van der Waals surface area contributed by atoms with Crippen LogP contribution in [0.2, 0.25) is 0 Å². The van der Waals surface area contributed by atoms with E-state index in [1.54, 1.807) is 6.20 Å². The third kappa shape index (κ3) is 3.44. The molecule has 0 bridgehead atoms. The van der Waals surface area contributed by atoms with Crippen LogP contribution in [0.5, 0.6) is 0 Å². The van der Waals surface area contributed by atoms with E-state index in [9.17, 15) is 4.79 Å². The second-order valence-electron chi connectivity index (χ2n) is 4.46. The van der Waals surface area contributed by atoms with Crippen LogP contribution in [0.1, 0.15) is 39.0 Å². The van der Waals surface area contributed by atoms with Gasteiger partial charge in [-0.3, -0.25) is 4.79 Å². The van der Waals surface area contributed by atoms with E-state index in [0.717, 1.165) is 5.69 Å². The largest absolute Gasteiger partial charge is 0.381 e. The Morgan fingerprint density at radius 3 is 2.76 bits per heavy atom. The summed E-state index contributed by atoms with van der Waals surface area (Å²) in [7, 11) is 0. The molecule has 1 aromatic rings. The van der Waals surface area contributed by atoms with E-state index in [0.29, 0.717) is 18.3 Å². The van der Waals surface area contributed by atoms with Crippen molar-refractivity contribution in [1.29, 1.82) is 0 Å². The van der Waals surface area contributed by atoms with Gasteiger partial charge in [-0.15, -0.1) is 0 Å². The molecule has 1 aliphatic rings. The van der Waals surface area contributed by atoms with E-state index in [-0.39, 0.29) is 5.91 Å². The highest BCUT2D eigenvalue weighted by Crippen LogP contribution is 2.22. The predicted octanol–water partition coefficient (Wildman–Crippen LogP) is 2.78. The number of carbonyl (C=O) groups is 1. The molecule has 92 valence electrons. The molecule has 1 amide bonds. The van der Waals surface area contributed by atoms with Crippen molar-refractivity contribution in [2.75, 3.05) is 10.6 Å². The molecule has 17 heavy (non-hydrogen) atoms. The second kappa shape index (κ2) is 5.66. The van der Waals surface area contributed by atoms with Crippen LogP contribution >= 0.6 is 0 Å². The monoisotopic (exact) mass is 233 g/mol. The van der Waals surface area contributed by atoms with E-state index in [2.05, 4.69) is 15.6 Å². The number of carbonyl (C=O) groups excluding carboxylic acids is 1. The Hall–Kier alpha value is -1.58. The van der Waals surface area contributed by atoms with Crippen LogP contribution in [-0.2, 0) is 4.79 Å². The molecule has 0 saturated heterocycles. The van der Waals surface area contributed by atoms with Crippen molar-refractivity contribution >= 4 is 17.4 Å². The van der Waals surface area contributed by atoms with Gasteiger partial charge in [0.05, 0.1) is 11.9 Å². The lowest BCUT2D eigenvalue weighted by Gasteiger charge is -2.13. The van der Waals surface area contributed by atoms with Crippen molar-refractivity contribution in [2.45, 2.75) is 45.1 Å². The number of nitrogens with one attached hydrogen (secondary N) is 2. The van der Waals surface area contributed by atoms with Gasteiger partial charge in [0, 0.05) is 12.5 Å². The lowest BCUT2D eigenvalue weighted by atomic mass is 10.2.